The van der Waals surface area contributed by atoms with Crippen LogP contribution in [0, 0.1) is 0 Å². The van der Waals surface area contributed by atoms with Crippen LogP contribution >= 0.6 is 57.2 Å². The summed E-state index contributed by atoms with van der Waals surface area (Å²) in [5.74, 6) is 0. The first-order chi connectivity index (χ1) is 2.45. The van der Waals surface area contributed by atoms with Crippen molar-refractivity contribution >= 4 is 57.2 Å². The van der Waals surface area contributed by atoms with Gasteiger partial charge in [-0.1, -0.05) is 0 Å². The molecule has 0 aliphatic heterocycles. The molecule has 0 aromatic carbocycles. The van der Waals surface area contributed by atoms with Crippen molar-refractivity contribution in [3.8, 4) is 0 Å². The molecule has 0 aromatic heterocycles. The van der Waals surface area contributed by atoms with E-state index in [-0.39, 0.29) is 0 Å². The average molecular weight is 399 g/mol. The molecule has 51 valence electrons. The van der Waals surface area contributed by atoms with E-state index in [4.69, 9.17) is 57.2 Å². The quantitative estimate of drug-likeness (QED) is 0.575. The third-order valence-electron chi connectivity index (χ3n) is 0. The third-order valence-corrected chi connectivity index (χ3v) is 0. The molecule has 0 amide bonds. The van der Waals surface area contributed by atoms with Crippen LogP contribution in [0.4, 0.5) is 0 Å². The molecular weight excluding hydrogens is 399 g/mol. The first-order valence-electron chi connectivity index (χ1n) is 0.857. The summed E-state index contributed by atoms with van der Waals surface area (Å²) in [6.07, 6.45) is 0. The van der Waals surface area contributed by atoms with Crippen molar-refractivity contribution in [3.05, 3.63) is 0 Å². The molecule has 0 unspecified atom stereocenters. The van der Waals surface area contributed by atoms with E-state index in [0.29, 0.717) is 0 Å². The monoisotopic (exact) mass is 397 g/mol. The Kier molecular flexibility index (Phi) is 2.04. The van der Waals surface area contributed by atoms with E-state index >= 15 is 0 Å². The first-order valence-corrected chi connectivity index (χ1v) is 21.0. The van der Waals surface area contributed by atoms with Gasteiger partial charge in [0.25, 0.3) is 0 Å². The standard InChI is InChI=1S/6ClH.Re/h6*1H;/q;;;;;;+4/p-6. The van der Waals surface area contributed by atoms with Crippen molar-refractivity contribution in [2.24, 2.45) is 0 Å². The summed E-state index contributed by atoms with van der Waals surface area (Å²) in [5.41, 5.74) is 0. The number of hydrogen-bond donors (Lipinski definition) is 0. The van der Waals surface area contributed by atoms with Gasteiger partial charge in [-0.05, 0) is 0 Å². The second-order valence-electron chi connectivity index (χ2n) is 0.810. The minimum atomic E-state index is -5.43. The fourth-order valence-electron chi connectivity index (χ4n) is 0. The molecule has 0 nitrogen and oxygen atoms in total. The SMILES string of the molecule is [Cl][Re-2]([Cl])([Cl])([Cl])([Cl])[Cl]. The molecule has 7 heavy (non-hydrogen) atoms. The Balaban J connectivity index is 4.43. The summed E-state index contributed by atoms with van der Waals surface area (Å²) in [5, 5.41) is 0. The normalized spacial score (nSPS) is 23.1. The molecule has 7 heteroatoms. The Morgan fingerprint density at radius 2 is 0.571 bits per heavy atom. The summed E-state index contributed by atoms with van der Waals surface area (Å²) in [6, 6.07) is 0. The van der Waals surface area contributed by atoms with E-state index in [1.807, 2.05) is 0 Å². The predicted octanol–water partition coefficient (Wildman–Crippen LogP) is 4.13. The summed E-state index contributed by atoms with van der Waals surface area (Å²) < 4.78 is 0. The minimum absolute atomic E-state index is 5.06. The molecule has 0 radical (unpaired) electrons. The zero-order valence-electron chi connectivity index (χ0n) is 2.65. The molecule has 0 saturated heterocycles. The van der Waals surface area contributed by atoms with E-state index in [1.54, 1.807) is 0 Å². The van der Waals surface area contributed by atoms with Crippen LogP contribution in [0.5, 0.6) is 0 Å². The third kappa shape index (κ3) is 59.7. The summed E-state index contributed by atoms with van der Waals surface area (Å²) in [6.45, 7) is -5.43. The van der Waals surface area contributed by atoms with Crippen molar-refractivity contribution in [2.75, 3.05) is 0 Å². The Hall–Kier alpha value is 2.40. The van der Waals surface area contributed by atoms with Crippen LogP contribution in [0.1, 0.15) is 0 Å². The van der Waals surface area contributed by atoms with Gasteiger partial charge in [0.05, 0.1) is 0 Å². The van der Waals surface area contributed by atoms with Crippen LogP contribution in [0.25, 0.3) is 0 Å². The van der Waals surface area contributed by atoms with Crippen LogP contribution in [0.15, 0.2) is 0 Å². The molecule has 0 fully saturated rings. The van der Waals surface area contributed by atoms with Crippen molar-refractivity contribution < 1.29 is 6.97 Å². The van der Waals surface area contributed by atoms with Crippen molar-refractivity contribution in [2.45, 2.75) is 0 Å². The molecule has 0 aliphatic rings. The molecule has 0 N–H and O–H groups in total. The summed E-state index contributed by atoms with van der Waals surface area (Å²) >= 11 is 0. The average Bonchev–Trinajstić information content (AvgIpc) is 0.592. The fourth-order valence-corrected chi connectivity index (χ4v) is 0. The first kappa shape index (κ1) is 9.40. The zero-order valence-corrected chi connectivity index (χ0v) is 9.90. The van der Waals surface area contributed by atoms with Crippen molar-refractivity contribution in [1.82, 2.24) is 0 Å². The van der Waals surface area contributed by atoms with Crippen molar-refractivity contribution in [3.63, 3.8) is 0 Å². The topological polar surface area (TPSA) is 0 Å². The Bertz CT molecular complexity index is 62.7. The van der Waals surface area contributed by atoms with Crippen LogP contribution in [0.3, 0.4) is 0 Å². The van der Waals surface area contributed by atoms with Gasteiger partial charge in [-0.2, -0.15) is 0 Å². The number of hydrogen-bond acceptors (Lipinski definition) is 0. The Labute approximate surface area is 63.3 Å². The molecule has 0 heterocycles. The van der Waals surface area contributed by atoms with Crippen LogP contribution in [-0.4, -0.2) is 0 Å². The van der Waals surface area contributed by atoms with Gasteiger partial charge in [-0.25, -0.2) is 0 Å². The molecule has 0 aromatic rings. The Morgan fingerprint density at radius 3 is 0.571 bits per heavy atom. The van der Waals surface area contributed by atoms with Gasteiger partial charge in [0.15, 0.2) is 0 Å². The van der Waals surface area contributed by atoms with E-state index in [2.05, 4.69) is 0 Å². The molecule has 0 bridgehead atoms. The van der Waals surface area contributed by atoms with E-state index in [1.165, 1.54) is 0 Å². The van der Waals surface area contributed by atoms with Crippen LogP contribution < -0.4 is 0 Å². The maximum absolute atomic E-state index is 5.43. The molecular formula is Cl6Re-2. The molecule has 0 saturated carbocycles. The predicted molar refractivity (Wildman–Crippen MR) is 35.1 cm³/mol. The maximum atomic E-state index is 5.06. The van der Waals surface area contributed by atoms with Gasteiger partial charge < -0.3 is 0 Å². The second kappa shape index (κ2) is 1.52. The zero-order chi connectivity index (χ0) is 6.41. The Morgan fingerprint density at radius 1 is 0.571 bits per heavy atom. The van der Waals surface area contributed by atoms with Crippen LogP contribution in [0.2, 0.25) is 0 Å². The van der Waals surface area contributed by atoms with Gasteiger partial charge in [-0.15, -0.1) is 0 Å². The fraction of sp³-hybridized carbons (Fsp3) is 0. The van der Waals surface area contributed by atoms with E-state index in [9.17, 15) is 0 Å². The van der Waals surface area contributed by atoms with Gasteiger partial charge >= 0.3 is 64.1 Å². The van der Waals surface area contributed by atoms with E-state index < -0.39 is 6.97 Å². The molecule has 0 aliphatic carbocycles. The number of halogens is 6. The van der Waals surface area contributed by atoms with Gasteiger partial charge in [0.2, 0.25) is 0 Å². The van der Waals surface area contributed by atoms with E-state index in [0.717, 1.165) is 0 Å². The molecule has 0 atom stereocenters. The van der Waals surface area contributed by atoms with Crippen molar-refractivity contribution in [1.29, 1.82) is 0 Å². The van der Waals surface area contributed by atoms with Crippen LogP contribution in [-0.2, 0) is 6.97 Å². The number of rotatable bonds is 0. The second-order valence-corrected chi connectivity index (χ2v) is 59.7. The van der Waals surface area contributed by atoms with Gasteiger partial charge in [0.1, 0.15) is 0 Å². The molecule has 0 rings (SSSR count). The molecule has 0 spiro atoms. The van der Waals surface area contributed by atoms with Gasteiger partial charge in [0, 0.05) is 0 Å². The van der Waals surface area contributed by atoms with Gasteiger partial charge in [-0.3, -0.25) is 0 Å². The summed E-state index contributed by atoms with van der Waals surface area (Å²) in [7, 11) is 30.4. The summed E-state index contributed by atoms with van der Waals surface area (Å²) in [4.78, 5) is 0.